The fourth-order valence-electron chi connectivity index (χ4n) is 4.05. The molecule has 2 N–H and O–H groups in total. The number of rotatable bonds is 15. The first-order valence-electron chi connectivity index (χ1n) is 11.7. The molecule has 31 heavy (non-hydrogen) atoms. The minimum atomic E-state index is -0.0476. The molecular weight excluding hydrogens is 384 g/mol. The summed E-state index contributed by atoms with van der Waals surface area (Å²) in [5.74, 6) is 0. The summed E-state index contributed by atoms with van der Waals surface area (Å²) < 4.78 is 0. The highest BCUT2D eigenvalue weighted by molar-refractivity contribution is 5.78. The predicted octanol–water partition coefficient (Wildman–Crippen LogP) is 6.70. The number of aldehydes is 2. The minimum Gasteiger partial charge on any atom is -0.341 e. The number of hydrogen-bond acceptors (Lipinski definition) is 4. The van der Waals surface area contributed by atoms with Crippen LogP contribution in [0.25, 0.3) is 0 Å². The molecule has 2 aromatic carbocycles. The van der Waals surface area contributed by atoms with Crippen LogP contribution >= 0.6 is 0 Å². The molecule has 0 fully saturated rings. The topological polar surface area (TPSA) is 63.4 Å². The van der Waals surface area contributed by atoms with Gasteiger partial charge in [-0.1, -0.05) is 39.5 Å². The van der Waals surface area contributed by atoms with E-state index < -0.39 is 0 Å². The largest absolute Gasteiger partial charge is 0.341 e. The van der Waals surface area contributed by atoms with Crippen LogP contribution in [0.2, 0.25) is 0 Å². The summed E-state index contributed by atoms with van der Waals surface area (Å²) >= 11 is 0. The van der Waals surface area contributed by atoms with Crippen molar-refractivity contribution in [1.29, 1.82) is 0 Å². The van der Waals surface area contributed by atoms with E-state index in [2.05, 4.69) is 18.7 Å². The van der Waals surface area contributed by atoms with Crippen molar-refractivity contribution in [1.82, 2.24) is 0 Å². The van der Waals surface area contributed by atoms with Crippen LogP contribution in [0.4, 0.5) is 11.4 Å². The lowest BCUT2D eigenvalue weighted by molar-refractivity contribution is 0.111. The van der Waals surface area contributed by atoms with Crippen molar-refractivity contribution < 1.29 is 9.59 Å². The lowest BCUT2D eigenvalue weighted by Gasteiger charge is -2.31. The maximum atomic E-state index is 11.0. The third kappa shape index (κ3) is 7.95. The highest BCUT2D eigenvalue weighted by Gasteiger charge is 2.23. The fraction of sp³-hybridized carbons (Fsp3) is 0.481. The second-order valence-electron chi connectivity index (χ2n) is 8.60. The van der Waals surface area contributed by atoms with E-state index in [0.717, 1.165) is 62.6 Å². The monoisotopic (exact) mass is 422 g/mol. The smallest absolute Gasteiger partial charge is 0.150 e. The molecule has 2 aromatic rings. The number of hydrogen-bond donors (Lipinski definition) is 1. The van der Waals surface area contributed by atoms with E-state index >= 15 is 0 Å². The maximum Gasteiger partial charge on any atom is 0.150 e. The second kappa shape index (κ2) is 13.1. The van der Waals surface area contributed by atoms with Crippen LogP contribution in [0.5, 0.6) is 0 Å². The summed E-state index contributed by atoms with van der Waals surface area (Å²) in [6, 6.07) is 15.3. The number of carbonyl (C=O) groups excluding carboxylic acids is 2. The van der Waals surface area contributed by atoms with Gasteiger partial charge in [0.2, 0.25) is 0 Å². The third-order valence-electron chi connectivity index (χ3n) is 6.04. The molecule has 0 saturated carbocycles. The molecule has 2 rings (SSSR count). The van der Waals surface area contributed by atoms with Gasteiger partial charge in [0.1, 0.15) is 12.6 Å². The molecule has 4 nitrogen and oxygen atoms in total. The van der Waals surface area contributed by atoms with E-state index in [1.165, 1.54) is 25.7 Å². The van der Waals surface area contributed by atoms with Gasteiger partial charge in [-0.05, 0) is 80.6 Å². The van der Waals surface area contributed by atoms with Gasteiger partial charge in [0.05, 0.1) is 0 Å². The predicted molar refractivity (Wildman–Crippen MR) is 130 cm³/mol. The molecular formula is C27H38N2O2. The molecule has 0 amide bonds. The van der Waals surface area contributed by atoms with Crippen molar-refractivity contribution in [2.75, 3.05) is 11.4 Å². The Kier molecular flexibility index (Phi) is 10.5. The lowest BCUT2D eigenvalue weighted by atomic mass is 9.83. The molecule has 0 aliphatic rings. The molecule has 0 atom stereocenters. The number of nitrogens with two attached hydrogens (primary N) is 1. The number of anilines is 2. The van der Waals surface area contributed by atoms with E-state index in [1.807, 2.05) is 48.5 Å². The van der Waals surface area contributed by atoms with Gasteiger partial charge in [0.15, 0.2) is 0 Å². The summed E-state index contributed by atoms with van der Waals surface area (Å²) in [7, 11) is 0. The van der Waals surface area contributed by atoms with Crippen LogP contribution in [0.15, 0.2) is 48.5 Å². The van der Waals surface area contributed by atoms with Crippen LogP contribution in [0.1, 0.15) is 92.4 Å². The van der Waals surface area contributed by atoms with Gasteiger partial charge >= 0.3 is 0 Å². The Balaban J connectivity index is 2.07. The zero-order valence-corrected chi connectivity index (χ0v) is 19.2. The lowest BCUT2D eigenvalue weighted by Crippen LogP contribution is -2.39. The van der Waals surface area contributed by atoms with E-state index in [-0.39, 0.29) is 5.54 Å². The Morgan fingerprint density at radius 2 is 1.13 bits per heavy atom. The van der Waals surface area contributed by atoms with Crippen molar-refractivity contribution in [2.24, 2.45) is 5.73 Å². The molecule has 0 saturated heterocycles. The first kappa shape index (κ1) is 24.8. The Labute approximate surface area is 187 Å². The number of benzene rings is 2. The van der Waals surface area contributed by atoms with Crippen LogP contribution in [-0.2, 0) is 0 Å². The standard InChI is InChI=1S/C27H38N2O2/c1-3-5-17-27(28,18-6-4-2)19-7-8-20-29(25-13-9-23(21-30)10-14-25)26-15-11-24(22-31)12-16-26/h9-16,21-22H,3-8,17-20,28H2,1-2H3. The Bertz CT molecular complexity index is 724. The molecule has 0 aliphatic carbocycles. The van der Waals surface area contributed by atoms with Gasteiger partial charge in [0.25, 0.3) is 0 Å². The van der Waals surface area contributed by atoms with Crippen molar-refractivity contribution in [2.45, 2.75) is 77.2 Å². The molecule has 0 spiro atoms. The van der Waals surface area contributed by atoms with Gasteiger partial charge in [-0.2, -0.15) is 0 Å². The molecule has 0 aliphatic heterocycles. The molecule has 0 unspecified atom stereocenters. The first-order chi connectivity index (χ1) is 15.0. The molecule has 168 valence electrons. The number of carbonyl (C=O) groups is 2. The fourth-order valence-corrected chi connectivity index (χ4v) is 4.05. The van der Waals surface area contributed by atoms with E-state index in [4.69, 9.17) is 5.73 Å². The van der Waals surface area contributed by atoms with E-state index in [0.29, 0.717) is 11.1 Å². The normalized spacial score (nSPS) is 11.3. The molecule has 0 aromatic heterocycles. The third-order valence-corrected chi connectivity index (χ3v) is 6.04. The Morgan fingerprint density at radius 1 is 0.710 bits per heavy atom. The van der Waals surface area contributed by atoms with Gasteiger partial charge in [-0.15, -0.1) is 0 Å². The van der Waals surface area contributed by atoms with E-state index in [1.54, 1.807) is 0 Å². The second-order valence-corrected chi connectivity index (χ2v) is 8.60. The average molecular weight is 423 g/mol. The van der Waals surface area contributed by atoms with Crippen molar-refractivity contribution in [3.63, 3.8) is 0 Å². The minimum absolute atomic E-state index is 0.0476. The number of nitrogens with zero attached hydrogens (tertiary/aromatic N) is 1. The zero-order valence-electron chi connectivity index (χ0n) is 19.2. The summed E-state index contributed by atoms with van der Waals surface area (Å²) in [5.41, 5.74) is 10.2. The highest BCUT2D eigenvalue weighted by atomic mass is 16.1. The van der Waals surface area contributed by atoms with Gasteiger partial charge < -0.3 is 10.6 Å². The SMILES string of the molecule is CCCCC(N)(CCCC)CCCCN(c1ccc(C=O)cc1)c1ccc(C=O)cc1. The highest BCUT2D eigenvalue weighted by Crippen LogP contribution is 2.28. The Morgan fingerprint density at radius 3 is 1.52 bits per heavy atom. The maximum absolute atomic E-state index is 11.0. The first-order valence-corrected chi connectivity index (χ1v) is 11.7. The summed E-state index contributed by atoms with van der Waals surface area (Å²) in [6.07, 6.45) is 11.9. The summed E-state index contributed by atoms with van der Waals surface area (Å²) in [5, 5.41) is 0. The van der Waals surface area contributed by atoms with Crippen LogP contribution in [0, 0.1) is 0 Å². The zero-order chi connectivity index (χ0) is 22.5. The Hall–Kier alpha value is -2.46. The van der Waals surface area contributed by atoms with Crippen LogP contribution < -0.4 is 10.6 Å². The quantitative estimate of drug-likeness (QED) is 0.256. The average Bonchev–Trinajstić information content (AvgIpc) is 2.82. The summed E-state index contributed by atoms with van der Waals surface area (Å²) in [6.45, 7) is 5.31. The van der Waals surface area contributed by atoms with Crippen molar-refractivity contribution >= 4 is 23.9 Å². The molecule has 0 bridgehead atoms. The van der Waals surface area contributed by atoms with E-state index in [9.17, 15) is 9.59 Å². The van der Waals surface area contributed by atoms with Crippen molar-refractivity contribution in [3.05, 3.63) is 59.7 Å². The molecule has 0 heterocycles. The molecule has 4 heteroatoms. The van der Waals surface area contributed by atoms with Crippen molar-refractivity contribution in [3.8, 4) is 0 Å². The van der Waals surface area contributed by atoms with Crippen LogP contribution in [0.3, 0.4) is 0 Å². The van der Waals surface area contributed by atoms with Gasteiger partial charge in [-0.3, -0.25) is 9.59 Å². The van der Waals surface area contributed by atoms with Gasteiger partial charge in [0, 0.05) is 34.6 Å². The molecule has 0 radical (unpaired) electrons. The van der Waals surface area contributed by atoms with Crippen LogP contribution in [-0.4, -0.2) is 24.7 Å². The summed E-state index contributed by atoms with van der Waals surface area (Å²) in [4.78, 5) is 24.3. The van der Waals surface area contributed by atoms with Gasteiger partial charge in [-0.25, -0.2) is 0 Å². The number of unbranched alkanes of at least 4 members (excludes halogenated alkanes) is 3.